The van der Waals surface area contributed by atoms with Gasteiger partial charge in [-0.1, -0.05) is 5.16 Å². The van der Waals surface area contributed by atoms with Crippen molar-refractivity contribution >= 4 is 16.9 Å². The molecule has 0 unspecified atom stereocenters. The molecule has 2 aromatic heterocycles. The third-order valence-corrected chi connectivity index (χ3v) is 4.15. The Morgan fingerprint density at radius 3 is 2.96 bits per heavy atom. The number of aromatic amines is 1. The molecule has 0 saturated heterocycles. The van der Waals surface area contributed by atoms with E-state index in [0.29, 0.717) is 18.3 Å². The van der Waals surface area contributed by atoms with Gasteiger partial charge in [0.15, 0.2) is 11.8 Å². The fourth-order valence-electron chi connectivity index (χ4n) is 2.89. The minimum atomic E-state index is -0.230. The van der Waals surface area contributed by atoms with Gasteiger partial charge < -0.3 is 20.1 Å². The Morgan fingerprint density at radius 2 is 2.19 bits per heavy atom. The predicted molar refractivity (Wildman–Crippen MR) is 103 cm³/mol. The van der Waals surface area contributed by atoms with Gasteiger partial charge in [0.25, 0.3) is 0 Å². The zero-order chi connectivity index (χ0) is 19.1. The standard InChI is InChI=1S/C19H25FN6O/c1-3-21-19(22-9-4-5-18-25-13(2)26-27-18)23-10-8-14-12-24-17-11-15(20)6-7-16(14)17/h6-7,11-12,24H,3-5,8-10H2,1-2H3,(H2,21,22,23). The van der Waals surface area contributed by atoms with Crippen LogP contribution in [0.25, 0.3) is 10.9 Å². The normalized spacial score (nSPS) is 11.9. The van der Waals surface area contributed by atoms with E-state index in [-0.39, 0.29) is 5.82 Å². The lowest BCUT2D eigenvalue weighted by Crippen LogP contribution is -2.38. The van der Waals surface area contributed by atoms with Gasteiger partial charge in [-0.2, -0.15) is 4.98 Å². The molecule has 0 amide bonds. The molecular formula is C19H25FN6O. The van der Waals surface area contributed by atoms with Crippen molar-refractivity contribution in [2.24, 2.45) is 4.99 Å². The lowest BCUT2D eigenvalue weighted by atomic mass is 10.1. The molecule has 3 rings (SSSR count). The number of hydrogen-bond acceptors (Lipinski definition) is 4. The summed E-state index contributed by atoms with van der Waals surface area (Å²) in [6.45, 7) is 6.04. The quantitative estimate of drug-likeness (QED) is 0.321. The highest BCUT2D eigenvalue weighted by molar-refractivity contribution is 5.83. The van der Waals surface area contributed by atoms with Gasteiger partial charge in [-0.05, 0) is 50.5 Å². The molecule has 0 saturated carbocycles. The van der Waals surface area contributed by atoms with Gasteiger partial charge in [0.1, 0.15) is 5.82 Å². The van der Waals surface area contributed by atoms with Crippen molar-refractivity contribution in [1.82, 2.24) is 25.8 Å². The van der Waals surface area contributed by atoms with Gasteiger partial charge in [-0.3, -0.25) is 4.99 Å². The summed E-state index contributed by atoms with van der Waals surface area (Å²) in [6.07, 6.45) is 4.31. The molecule has 0 atom stereocenters. The SMILES string of the molecule is CCNC(=NCCCc1nc(C)no1)NCCc1c[nH]c2cc(F)ccc12. The maximum absolute atomic E-state index is 13.3. The number of aromatic nitrogens is 3. The zero-order valence-electron chi connectivity index (χ0n) is 15.7. The van der Waals surface area contributed by atoms with Crippen molar-refractivity contribution in [3.63, 3.8) is 0 Å². The Balaban J connectivity index is 1.48. The summed E-state index contributed by atoms with van der Waals surface area (Å²) >= 11 is 0. The van der Waals surface area contributed by atoms with Crippen molar-refractivity contribution in [3.05, 3.63) is 47.5 Å². The first kappa shape index (κ1) is 18.9. The van der Waals surface area contributed by atoms with Crippen molar-refractivity contribution in [2.75, 3.05) is 19.6 Å². The van der Waals surface area contributed by atoms with E-state index in [4.69, 9.17) is 4.52 Å². The highest BCUT2D eigenvalue weighted by Crippen LogP contribution is 2.19. The van der Waals surface area contributed by atoms with Gasteiger partial charge in [-0.25, -0.2) is 4.39 Å². The van der Waals surface area contributed by atoms with Crippen molar-refractivity contribution in [1.29, 1.82) is 0 Å². The van der Waals surface area contributed by atoms with Crippen LogP contribution in [-0.2, 0) is 12.8 Å². The molecule has 0 aliphatic carbocycles. The maximum atomic E-state index is 13.3. The van der Waals surface area contributed by atoms with Crippen LogP contribution in [-0.4, -0.2) is 40.7 Å². The molecule has 0 aliphatic heterocycles. The number of fused-ring (bicyclic) bond motifs is 1. The van der Waals surface area contributed by atoms with Crippen LogP contribution in [0, 0.1) is 12.7 Å². The van der Waals surface area contributed by atoms with E-state index in [1.54, 1.807) is 0 Å². The fourth-order valence-corrected chi connectivity index (χ4v) is 2.89. The molecule has 7 nitrogen and oxygen atoms in total. The molecule has 27 heavy (non-hydrogen) atoms. The number of guanidine groups is 1. The summed E-state index contributed by atoms with van der Waals surface area (Å²) in [5.41, 5.74) is 1.97. The molecule has 0 bridgehead atoms. The average Bonchev–Trinajstić information content (AvgIpc) is 3.24. The van der Waals surface area contributed by atoms with Crippen LogP contribution in [0.3, 0.4) is 0 Å². The van der Waals surface area contributed by atoms with E-state index in [1.807, 2.05) is 26.1 Å². The van der Waals surface area contributed by atoms with E-state index in [9.17, 15) is 4.39 Å². The van der Waals surface area contributed by atoms with Crippen LogP contribution in [0.2, 0.25) is 0 Å². The van der Waals surface area contributed by atoms with Crippen LogP contribution in [0.4, 0.5) is 4.39 Å². The Morgan fingerprint density at radius 1 is 1.30 bits per heavy atom. The number of halogens is 1. The van der Waals surface area contributed by atoms with Gasteiger partial charge in [0, 0.05) is 43.2 Å². The summed E-state index contributed by atoms with van der Waals surface area (Å²) < 4.78 is 18.4. The number of aryl methyl sites for hydroxylation is 2. The third kappa shape index (κ3) is 5.29. The number of H-pyrrole nitrogens is 1. The van der Waals surface area contributed by atoms with E-state index in [2.05, 4.69) is 30.8 Å². The largest absolute Gasteiger partial charge is 0.361 e. The summed E-state index contributed by atoms with van der Waals surface area (Å²) in [5.74, 6) is 1.86. The number of nitrogens with zero attached hydrogens (tertiary/aromatic N) is 3. The number of aliphatic imine (C=N–C) groups is 1. The number of nitrogens with one attached hydrogen (secondary N) is 3. The first-order valence-electron chi connectivity index (χ1n) is 9.22. The topological polar surface area (TPSA) is 91.1 Å². The first-order valence-corrected chi connectivity index (χ1v) is 9.22. The van der Waals surface area contributed by atoms with Crippen LogP contribution in [0.1, 0.15) is 30.6 Å². The monoisotopic (exact) mass is 372 g/mol. The van der Waals surface area contributed by atoms with Crippen molar-refractivity contribution in [3.8, 4) is 0 Å². The minimum absolute atomic E-state index is 0.230. The molecule has 1 aromatic carbocycles. The maximum Gasteiger partial charge on any atom is 0.226 e. The summed E-state index contributed by atoms with van der Waals surface area (Å²) in [4.78, 5) is 11.9. The van der Waals surface area contributed by atoms with Gasteiger partial charge in [0.2, 0.25) is 5.89 Å². The van der Waals surface area contributed by atoms with Crippen LogP contribution in [0.5, 0.6) is 0 Å². The molecule has 0 spiro atoms. The Hall–Kier alpha value is -2.90. The first-order chi connectivity index (χ1) is 13.2. The molecule has 2 heterocycles. The molecule has 0 fully saturated rings. The van der Waals surface area contributed by atoms with Crippen LogP contribution >= 0.6 is 0 Å². The van der Waals surface area contributed by atoms with Crippen molar-refractivity contribution < 1.29 is 8.91 Å². The summed E-state index contributed by atoms with van der Waals surface area (Å²) in [5, 5.41) is 11.4. The number of benzene rings is 1. The van der Waals surface area contributed by atoms with E-state index >= 15 is 0 Å². The second kappa shape index (κ2) is 9.16. The molecular weight excluding hydrogens is 347 g/mol. The second-order valence-electron chi connectivity index (χ2n) is 6.28. The highest BCUT2D eigenvalue weighted by Gasteiger charge is 2.06. The van der Waals surface area contributed by atoms with Crippen LogP contribution in [0.15, 0.2) is 33.9 Å². The van der Waals surface area contributed by atoms with E-state index in [1.165, 1.54) is 12.1 Å². The number of rotatable bonds is 8. The summed E-state index contributed by atoms with van der Waals surface area (Å²) in [7, 11) is 0. The molecule has 144 valence electrons. The van der Waals surface area contributed by atoms with Gasteiger partial charge >= 0.3 is 0 Å². The predicted octanol–water partition coefficient (Wildman–Crippen LogP) is 2.73. The van der Waals surface area contributed by atoms with Gasteiger partial charge in [-0.15, -0.1) is 0 Å². The van der Waals surface area contributed by atoms with Crippen molar-refractivity contribution in [2.45, 2.75) is 33.1 Å². The molecule has 0 aliphatic rings. The van der Waals surface area contributed by atoms with Crippen LogP contribution < -0.4 is 10.6 Å². The Bertz CT molecular complexity index is 901. The number of hydrogen-bond donors (Lipinski definition) is 3. The van der Waals surface area contributed by atoms with E-state index < -0.39 is 0 Å². The third-order valence-electron chi connectivity index (χ3n) is 4.15. The Labute approximate surface area is 157 Å². The summed E-state index contributed by atoms with van der Waals surface area (Å²) in [6, 6.07) is 4.82. The lowest BCUT2D eigenvalue weighted by molar-refractivity contribution is 0.372. The van der Waals surface area contributed by atoms with E-state index in [0.717, 1.165) is 54.8 Å². The molecule has 3 aromatic rings. The molecule has 3 N–H and O–H groups in total. The lowest BCUT2D eigenvalue weighted by Gasteiger charge is -2.11. The molecule has 8 heteroatoms. The minimum Gasteiger partial charge on any atom is -0.361 e. The zero-order valence-corrected chi connectivity index (χ0v) is 15.7. The van der Waals surface area contributed by atoms with Gasteiger partial charge in [0.05, 0.1) is 0 Å². The second-order valence-corrected chi connectivity index (χ2v) is 6.28. The Kier molecular flexibility index (Phi) is 6.40. The molecule has 0 radical (unpaired) electrons. The fraction of sp³-hybridized carbons (Fsp3) is 0.421. The smallest absolute Gasteiger partial charge is 0.226 e. The average molecular weight is 372 g/mol. The highest BCUT2D eigenvalue weighted by atomic mass is 19.1.